The molecular formula is C23H32N6. The maximum Gasteiger partial charge on any atom is 0.191 e. The van der Waals surface area contributed by atoms with Crippen LogP contribution in [0.25, 0.3) is 5.65 Å². The first-order chi connectivity index (χ1) is 14.2. The van der Waals surface area contributed by atoms with Crippen molar-refractivity contribution in [1.29, 1.82) is 0 Å². The smallest absolute Gasteiger partial charge is 0.191 e. The Morgan fingerprint density at radius 1 is 0.966 bits per heavy atom. The van der Waals surface area contributed by atoms with Crippen LogP contribution in [0.5, 0.6) is 0 Å². The minimum absolute atomic E-state index is 0.0623. The summed E-state index contributed by atoms with van der Waals surface area (Å²) in [5, 5.41) is 15.3. The quantitative estimate of drug-likeness (QED) is 0.431. The number of guanidine groups is 1. The van der Waals surface area contributed by atoms with Crippen molar-refractivity contribution >= 4 is 11.6 Å². The van der Waals surface area contributed by atoms with Gasteiger partial charge < -0.3 is 10.6 Å². The van der Waals surface area contributed by atoms with E-state index in [0.717, 1.165) is 56.3 Å². The summed E-state index contributed by atoms with van der Waals surface area (Å²) in [6, 6.07) is 16.7. The van der Waals surface area contributed by atoms with Crippen LogP contribution in [0, 0.1) is 0 Å². The highest BCUT2D eigenvalue weighted by atomic mass is 15.2. The second kappa shape index (κ2) is 10.0. The van der Waals surface area contributed by atoms with Crippen LogP contribution in [0.15, 0.2) is 59.7 Å². The number of rotatable bonds is 9. The number of hydrogen-bond acceptors (Lipinski definition) is 3. The molecule has 2 N–H and O–H groups in total. The average molecular weight is 393 g/mol. The van der Waals surface area contributed by atoms with E-state index in [9.17, 15) is 0 Å². The van der Waals surface area contributed by atoms with Gasteiger partial charge in [0.1, 0.15) is 5.82 Å². The lowest BCUT2D eigenvalue weighted by atomic mass is 9.76. The summed E-state index contributed by atoms with van der Waals surface area (Å²) in [6.45, 7) is 8.93. The van der Waals surface area contributed by atoms with E-state index in [1.54, 1.807) is 0 Å². The maximum absolute atomic E-state index is 4.94. The lowest BCUT2D eigenvalue weighted by Gasteiger charge is -2.31. The Balaban J connectivity index is 1.67. The molecule has 3 aromatic rings. The van der Waals surface area contributed by atoms with E-state index < -0.39 is 0 Å². The molecular weight excluding hydrogens is 360 g/mol. The molecule has 29 heavy (non-hydrogen) atoms. The topological polar surface area (TPSA) is 66.6 Å². The highest BCUT2D eigenvalue weighted by Gasteiger charge is 2.28. The molecule has 0 aliphatic heterocycles. The first-order valence-corrected chi connectivity index (χ1v) is 10.6. The van der Waals surface area contributed by atoms with Crippen molar-refractivity contribution < 1.29 is 0 Å². The zero-order valence-electron chi connectivity index (χ0n) is 17.7. The van der Waals surface area contributed by atoms with Gasteiger partial charge in [-0.15, -0.1) is 10.2 Å². The number of hydrogen-bond donors (Lipinski definition) is 2. The van der Waals surface area contributed by atoms with Gasteiger partial charge in [0.05, 0.1) is 6.54 Å². The molecule has 0 aliphatic carbocycles. The highest BCUT2D eigenvalue weighted by Crippen LogP contribution is 2.31. The first kappa shape index (κ1) is 20.8. The Bertz CT molecular complexity index is 911. The molecule has 6 nitrogen and oxygen atoms in total. The van der Waals surface area contributed by atoms with Gasteiger partial charge in [-0.2, -0.15) is 0 Å². The van der Waals surface area contributed by atoms with Gasteiger partial charge in [-0.3, -0.25) is 9.39 Å². The van der Waals surface area contributed by atoms with Crippen LogP contribution in [0.3, 0.4) is 0 Å². The maximum atomic E-state index is 4.94. The Morgan fingerprint density at radius 2 is 1.72 bits per heavy atom. The predicted molar refractivity (Wildman–Crippen MR) is 119 cm³/mol. The molecule has 6 heteroatoms. The predicted octanol–water partition coefficient (Wildman–Crippen LogP) is 3.58. The Hall–Kier alpha value is -2.89. The van der Waals surface area contributed by atoms with E-state index in [4.69, 9.17) is 4.99 Å². The molecule has 0 fully saturated rings. The van der Waals surface area contributed by atoms with Crippen LogP contribution in [-0.4, -0.2) is 40.2 Å². The fraction of sp³-hybridized carbons (Fsp3) is 0.435. The van der Waals surface area contributed by atoms with Crippen LogP contribution >= 0.6 is 0 Å². The number of nitrogens with zero attached hydrogens (tertiary/aromatic N) is 4. The van der Waals surface area contributed by atoms with Gasteiger partial charge in [0.25, 0.3) is 0 Å². The lowest BCUT2D eigenvalue weighted by Crippen LogP contribution is -2.40. The van der Waals surface area contributed by atoms with Crippen LogP contribution in [0.2, 0.25) is 0 Å². The van der Waals surface area contributed by atoms with Gasteiger partial charge in [-0.05, 0) is 37.5 Å². The summed E-state index contributed by atoms with van der Waals surface area (Å²) in [6.07, 6.45) is 4.89. The van der Waals surface area contributed by atoms with Crippen LogP contribution in [-0.2, 0) is 11.8 Å². The van der Waals surface area contributed by atoms with Gasteiger partial charge in [-0.1, -0.05) is 50.2 Å². The number of pyridine rings is 1. The molecule has 2 aromatic heterocycles. The molecule has 0 saturated carbocycles. The van der Waals surface area contributed by atoms with E-state index in [2.05, 4.69) is 71.9 Å². The van der Waals surface area contributed by atoms with Crippen molar-refractivity contribution in [3.8, 4) is 0 Å². The fourth-order valence-electron chi connectivity index (χ4n) is 3.69. The summed E-state index contributed by atoms with van der Waals surface area (Å²) in [4.78, 5) is 4.94. The van der Waals surface area contributed by atoms with Crippen LogP contribution < -0.4 is 10.6 Å². The van der Waals surface area contributed by atoms with E-state index in [1.807, 2.05) is 28.8 Å². The van der Waals surface area contributed by atoms with Gasteiger partial charge >= 0.3 is 0 Å². The number of fused-ring (bicyclic) bond motifs is 1. The number of benzene rings is 1. The van der Waals surface area contributed by atoms with Crippen LogP contribution in [0.1, 0.15) is 45.0 Å². The normalized spacial score (nSPS) is 12.3. The third-order valence-electron chi connectivity index (χ3n) is 5.65. The minimum atomic E-state index is 0.0623. The Kier molecular flexibility index (Phi) is 7.22. The molecule has 0 bridgehead atoms. The molecule has 0 spiro atoms. The molecule has 0 aliphatic rings. The second-order valence-corrected chi connectivity index (χ2v) is 7.27. The minimum Gasteiger partial charge on any atom is -0.357 e. The SMILES string of the molecule is CCNC(=NCC(CC)(CC)c1ccccc1)NCCc1nnc2ccccn12. The monoisotopic (exact) mass is 392 g/mol. The number of aliphatic imine (C=N–C) groups is 1. The molecule has 3 rings (SSSR count). The molecule has 0 radical (unpaired) electrons. The van der Waals surface area contributed by atoms with Gasteiger partial charge in [-0.25, -0.2) is 0 Å². The summed E-state index contributed by atoms with van der Waals surface area (Å²) in [5.41, 5.74) is 2.30. The molecule has 0 atom stereocenters. The Labute approximate surface area is 173 Å². The lowest BCUT2D eigenvalue weighted by molar-refractivity contribution is 0.407. The molecule has 0 amide bonds. The molecule has 2 heterocycles. The summed E-state index contributed by atoms with van der Waals surface area (Å²) in [5.74, 6) is 1.80. The molecule has 0 unspecified atom stereocenters. The average Bonchev–Trinajstić information content (AvgIpc) is 3.19. The second-order valence-electron chi connectivity index (χ2n) is 7.27. The fourth-order valence-corrected chi connectivity index (χ4v) is 3.69. The number of nitrogens with one attached hydrogen (secondary N) is 2. The van der Waals surface area contributed by atoms with Crippen molar-refractivity contribution in [3.05, 3.63) is 66.1 Å². The van der Waals surface area contributed by atoms with Crippen molar-refractivity contribution in [3.63, 3.8) is 0 Å². The van der Waals surface area contributed by atoms with Crippen molar-refractivity contribution in [1.82, 2.24) is 25.2 Å². The zero-order valence-corrected chi connectivity index (χ0v) is 17.7. The first-order valence-electron chi connectivity index (χ1n) is 10.6. The van der Waals surface area contributed by atoms with Crippen molar-refractivity contribution in [2.24, 2.45) is 4.99 Å². The van der Waals surface area contributed by atoms with Gasteiger partial charge in [0, 0.05) is 31.1 Å². The van der Waals surface area contributed by atoms with E-state index in [0.29, 0.717) is 0 Å². The number of aromatic nitrogens is 3. The standard InChI is InChI=1S/C23H32N6/c1-4-23(5-2,19-12-8-7-9-13-19)18-26-22(24-6-3)25-16-15-21-28-27-20-14-10-11-17-29(20)21/h7-14,17H,4-6,15-16,18H2,1-3H3,(H2,24,25,26). The van der Waals surface area contributed by atoms with Crippen molar-refractivity contribution in [2.75, 3.05) is 19.6 Å². The van der Waals surface area contributed by atoms with E-state index in [-0.39, 0.29) is 5.41 Å². The molecule has 1 aromatic carbocycles. The summed E-state index contributed by atoms with van der Waals surface area (Å²) >= 11 is 0. The third kappa shape index (κ3) is 4.94. The third-order valence-corrected chi connectivity index (χ3v) is 5.65. The summed E-state index contributed by atoms with van der Waals surface area (Å²) in [7, 11) is 0. The largest absolute Gasteiger partial charge is 0.357 e. The summed E-state index contributed by atoms with van der Waals surface area (Å²) < 4.78 is 2.03. The van der Waals surface area contributed by atoms with Crippen LogP contribution in [0.4, 0.5) is 0 Å². The van der Waals surface area contributed by atoms with Crippen molar-refractivity contribution in [2.45, 2.75) is 45.4 Å². The Morgan fingerprint density at radius 3 is 2.45 bits per heavy atom. The molecule has 154 valence electrons. The molecule has 0 saturated heterocycles. The highest BCUT2D eigenvalue weighted by molar-refractivity contribution is 5.79. The van der Waals surface area contributed by atoms with E-state index in [1.165, 1.54) is 5.56 Å². The zero-order chi connectivity index (χ0) is 20.5. The van der Waals surface area contributed by atoms with E-state index >= 15 is 0 Å². The van der Waals surface area contributed by atoms with Gasteiger partial charge in [0.15, 0.2) is 11.6 Å². The van der Waals surface area contributed by atoms with Gasteiger partial charge in [0.2, 0.25) is 0 Å².